The monoisotopic (exact) mass is 248 g/mol. The van der Waals surface area contributed by atoms with Gasteiger partial charge in [0.15, 0.2) is 0 Å². The van der Waals surface area contributed by atoms with Gasteiger partial charge in [-0.25, -0.2) is 0 Å². The normalized spacial score (nSPS) is 14.7. The predicted molar refractivity (Wildman–Crippen MR) is 81.0 cm³/mol. The number of benzene rings is 2. The summed E-state index contributed by atoms with van der Waals surface area (Å²) in [4.78, 5) is 0. The molecule has 94 valence electrons. The van der Waals surface area contributed by atoms with E-state index in [1.807, 2.05) is 19.1 Å². The van der Waals surface area contributed by atoms with Crippen molar-refractivity contribution in [2.45, 2.75) is 6.92 Å². The van der Waals surface area contributed by atoms with E-state index in [1.54, 1.807) is 0 Å². The first-order valence-electron chi connectivity index (χ1n) is 6.59. The second-order valence-corrected chi connectivity index (χ2v) is 4.52. The van der Waals surface area contributed by atoms with Crippen LogP contribution in [0.4, 0.5) is 0 Å². The minimum Gasteiger partial charge on any atom is -0.494 e. The molecule has 1 heteroatoms. The van der Waals surface area contributed by atoms with Crippen LogP contribution < -0.4 is 4.74 Å². The summed E-state index contributed by atoms with van der Waals surface area (Å²) in [5, 5.41) is 0. The topological polar surface area (TPSA) is 9.23 Å². The molecular weight excluding hydrogens is 232 g/mol. The summed E-state index contributed by atoms with van der Waals surface area (Å²) < 4.78 is 5.45. The molecule has 2 aromatic rings. The number of ether oxygens (including phenoxy) is 1. The summed E-state index contributed by atoms with van der Waals surface area (Å²) in [6.07, 6.45) is 6.54. The van der Waals surface area contributed by atoms with Gasteiger partial charge in [0.05, 0.1) is 6.61 Å². The number of fused-ring (bicyclic) bond motifs is 1. The molecule has 0 saturated heterocycles. The van der Waals surface area contributed by atoms with Crippen molar-refractivity contribution < 1.29 is 4.74 Å². The molecular formula is C18H16O. The lowest BCUT2D eigenvalue weighted by Gasteiger charge is -2.04. The molecule has 0 radical (unpaired) electrons. The first kappa shape index (κ1) is 11.8. The summed E-state index contributed by atoms with van der Waals surface area (Å²) in [5.41, 5.74) is 5.05. The van der Waals surface area contributed by atoms with Crippen LogP contribution in [0.5, 0.6) is 5.75 Å². The van der Waals surface area contributed by atoms with Crippen LogP contribution in [0.2, 0.25) is 0 Å². The first-order valence-corrected chi connectivity index (χ1v) is 6.59. The van der Waals surface area contributed by atoms with Gasteiger partial charge in [-0.2, -0.15) is 0 Å². The summed E-state index contributed by atoms with van der Waals surface area (Å²) >= 11 is 0. The molecule has 3 rings (SSSR count). The zero-order chi connectivity index (χ0) is 13.1. The fourth-order valence-electron chi connectivity index (χ4n) is 2.31. The number of rotatable bonds is 3. The van der Waals surface area contributed by atoms with Crippen LogP contribution in [-0.2, 0) is 0 Å². The molecule has 2 aromatic carbocycles. The van der Waals surface area contributed by atoms with E-state index in [9.17, 15) is 0 Å². The van der Waals surface area contributed by atoms with Crippen LogP contribution in [0, 0.1) is 0 Å². The van der Waals surface area contributed by atoms with E-state index in [0.29, 0.717) is 6.61 Å². The van der Waals surface area contributed by atoms with E-state index in [-0.39, 0.29) is 0 Å². The molecule has 0 aliphatic heterocycles. The van der Waals surface area contributed by atoms with Crippen molar-refractivity contribution in [2.75, 3.05) is 6.61 Å². The molecule has 0 saturated carbocycles. The van der Waals surface area contributed by atoms with Crippen molar-refractivity contribution in [1.29, 1.82) is 0 Å². The van der Waals surface area contributed by atoms with Crippen molar-refractivity contribution >= 4 is 17.7 Å². The molecule has 0 aromatic heterocycles. The molecule has 0 fully saturated rings. The molecule has 0 bridgehead atoms. The maximum absolute atomic E-state index is 5.45. The Hall–Kier alpha value is -2.28. The predicted octanol–water partition coefficient (Wildman–Crippen LogP) is 4.65. The third kappa shape index (κ3) is 2.45. The van der Waals surface area contributed by atoms with Crippen molar-refractivity contribution in [3.05, 3.63) is 71.3 Å². The maximum Gasteiger partial charge on any atom is 0.119 e. The zero-order valence-corrected chi connectivity index (χ0v) is 11.0. The Morgan fingerprint density at radius 1 is 0.947 bits per heavy atom. The van der Waals surface area contributed by atoms with Crippen LogP contribution in [0.15, 0.2) is 54.6 Å². The van der Waals surface area contributed by atoms with E-state index < -0.39 is 0 Å². The third-order valence-electron chi connectivity index (χ3n) is 3.23. The van der Waals surface area contributed by atoms with Crippen molar-refractivity contribution in [1.82, 2.24) is 0 Å². The Kier molecular flexibility index (Phi) is 3.20. The highest BCUT2D eigenvalue weighted by atomic mass is 16.5. The second kappa shape index (κ2) is 5.15. The van der Waals surface area contributed by atoms with Gasteiger partial charge in [-0.05, 0) is 47.4 Å². The van der Waals surface area contributed by atoms with E-state index in [4.69, 9.17) is 4.74 Å². The van der Waals surface area contributed by atoms with Crippen molar-refractivity contribution in [3.8, 4) is 5.75 Å². The highest BCUT2D eigenvalue weighted by Crippen LogP contribution is 2.30. The molecule has 1 aliphatic carbocycles. The molecule has 0 unspecified atom stereocenters. The fraction of sp³-hybridized carbons (Fsp3) is 0.111. The number of hydrogen-bond donors (Lipinski definition) is 0. The second-order valence-electron chi connectivity index (χ2n) is 4.52. The van der Waals surface area contributed by atoms with Gasteiger partial charge in [-0.15, -0.1) is 0 Å². The molecule has 0 heterocycles. The van der Waals surface area contributed by atoms with Gasteiger partial charge in [-0.3, -0.25) is 0 Å². The standard InChI is InChI=1S/C18H16O/c1-2-19-17-11-7-14(8-12-17)13-16-10-9-15-5-3-4-6-18(15)16/h3-13H,2H2,1H3. The van der Waals surface area contributed by atoms with Crippen LogP contribution in [0.3, 0.4) is 0 Å². The third-order valence-corrected chi connectivity index (χ3v) is 3.23. The van der Waals surface area contributed by atoms with Gasteiger partial charge in [0, 0.05) is 0 Å². The fourth-order valence-corrected chi connectivity index (χ4v) is 2.31. The van der Waals surface area contributed by atoms with Gasteiger partial charge in [0.25, 0.3) is 0 Å². The van der Waals surface area contributed by atoms with E-state index in [1.165, 1.54) is 22.3 Å². The highest BCUT2D eigenvalue weighted by molar-refractivity contribution is 5.97. The molecule has 0 atom stereocenters. The quantitative estimate of drug-likeness (QED) is 0.768. The first-order chi connectivity index (χ1) is 9.36. The lowest BCUT2D eigenvalue weighted by molar-refractivity contribution is 0.340. The summed E-state index contributed by atoms with van der Waals surface area (Å²) in [5.74, 6) is 0.923. The van der Waals surface area contributed by atoms with Crippen LogP contribution in [-0.4, -0.2) is 6.61 Å². The van der Waals surface area contributed by atoms with Gasteiger partial charge in [-0.1, -0.05) is 48.6 Å². The largest absolute Gasteiger partial charge is 0.494 e. The van der Waals surface area contributed by atoms with Crippen molar-refractivity contribution in [2.24, 2.45) is 0 Å². The number of allylic oxidation sites excluding steroid dienone is 2. The average molecular weight is 248 g/mol. The lowest BCUT2D eigenvalue weighted by atomic mass is 10.0. The molecule has 0 N–H and O–H groups in total. The van der Waals surface area contributed by atoms with E-state index in [0.717, 1.165) is 5.75 Å². The maximum atomic E-state index is 5.45. The minimum atomic E-state index is 0.705. The lowest BCUT2D eigenvalue weighted by Crippen LogP contribution is -1.90. The molecule has 1 nitrogen and oxygen atoms in total. The minimum absolute atomic E-state index is 0.705. The van der Waals surface area contributed by atoms with E-state index in [2.05, 4.69) is 54.6 Å². The van der Waals surface area contributed by atoms with E-state index >= 15 is 0 Å². The molecule has 0 amide bonds. The average Bonchev–Trinajstić information content (AvgIpc) is 2.85. The summed E-state index contributed by atoms with van der Waals surface area (Å²) in [7, 11) is 0. The molecule has 0 spiro atoms. The van der Waals surface area contributed by atoms with Gasteiger partial charge in [0.1, 0.15) is 5.75 Å². The Morgan fingerprint density at radius 2 is 1.74 bits per heavy atom. The van der Waals surface area contributed by atoms with Gasteiger partial charge < -0.3 is 4.74 Å². The van der Waals surface area contributed by atoms with Crippen LogP contribution in [0.1, 0.15) is 23.6 Å². The van der Waals surface area contributed by atoms with Gasteiger partial charge >= 0.3 is 0 Å². The van der Waals surface area contributed by atoms with Crippen LogP contribution >= 0.6 is 0 Å². The van der Waals surface area contributed by atoms with Crippen LogP contribution in [0.25, 0.3) is 17.7 Å². The SMILES string of the molecule is CCOc1ccc(C=C2C=Cc3ccccc32)cc1. The Bertz CT molecular complexity index is 633. The summed E-state index contributed by atoms with van der Waals surface area (Å²) in [6, 6.07) is 16.7. The Labute approximate surface area is 113 Å². The highest BCUT2D eigenvalue weighted by Gasteiger charge is 2.08. The number of hydrogen-bond acceptors (Lipinski definition) is 1. The molecule has 1 aliphatic rings. The Morgan fingerprint density at radius 3 is 2.53 bits per heavy atom. The van der Waals surface area contributed by atoms with Gasteiger partial charge in [0.2, 0.25) is 0 Å². The smallest absolute Gasteiger partial charge is 0.119 e. The summed E-state index contributed by atoms with van der Waals surface area (Å²) in [6.45, 7) is 2.70. The van der Waals surface area contributed by atoms with Crippen molar-refractivity contribution in [3.63, 3.8) is 0 Å². The zero-order valence-electron chi connectivity index (χ0n) is 11.0. The Balaban J connectivity index is 1.89. The molecule has 19 heavy (non-hydrogen) atoms.